The van der Waals surface area contributed by atoms with Gasteiger partial charge in [-0.05, 0) is 48.5 Å². The molecule has 0 amide bonds. The highest BCUT2D eigenvalue weighted by atomic mass is 35.5. The average Bonchev–Trinajstić information content (AvgIpc) is 3.25. The number of hydrogen-bond acceptors (Lipinski definition) is 4. The second-order valence-electron chi connectivity index (χ2n) is 7.02. The van der Waals surface area contributed by atoms with E-state index < -0.39 is 0 Å². The molecule has 150 valence electrons. The summed E-state index contributed by atoms with van der Waals surface area (Å²) < 4.78 is 0. The predicted octanol–water partition coefficient (Wildman–Crippen LogP) is 5.61. The largest absolute Gasteiger partial charge is 0.369 e. The Hall–Kier alpha value is -2.89. The summed E-state index contributed by atoms with van der Waals surface area (Å²) in [6.07, 6.45) is 3.59. The molecule has 0 aliphatic carbocycles. The molecule has 0 fully saturated rings. The molecule has 5 aromatic rings. The van der Waals surface area contributed by atoms with Gasteiger partial charge in [0.1, 0.15) is 5.82 Å². The molecule has 0 radical (unpaired) electrons. The first kappa shape index (κ1) is 19.1. The minimum absolute atomic E-state index is 0.560. The smallest absolute Gasteiger partial charge is 0.138 e. The highest BCUT2D eigenvalue weighted by molar-refractivity contribution is 6.21. The van der Waals surface area contributed by atoms with Crippen LogP contribution < -0.4 is 4.90 Å². The number of alkyl halides is 2. The Kier molecular flexibility index (Phi) is 5.15. The SMILES string of the molecule is ClCCN(CCCl)c1ccc(-c2nc3c4cccnc4c4ncccc4c3[nH]2)cc1. The number of aromatic nitrogens is 4. The van der Waals surface area contributed by atoms with Gasteiger partial charge in [0, 0.05) is 59.3 Å². The van der Waals surface area contributed by atoms with E-state index in [-0.39, 0.29) is 0 Å². The Morgan fingerprint density at radius 3 is 2.07 bits per heavy atom. The van der Waals surface area contributed by atoms with Gasteiger partial charge in [0.05, 0.1) is 22.1 Å². The van der Waals surface area contributed by atoms with Gasteiger partial charge in [0.2, 0.25) is 0 Å². The number of benzene rings is 2. The number of halogens is 2. The van der Waals surface area contributed by atoms with E-state index in [9.17, 15) is 0 Å². The molecular weight excluding hydrogens is 417 g/mol. The zero-order valence-electron chi connectivity index (χ0n) is 16.1. The molecule has 0 aliphatic rings. The van der Waals surface area contributed by atoms with E-state index in [1.807, 2.05) is 18.2 Å². The second-order valence-corrected chi connectivity index (χ2v) is 7.78. The number of aromatic amines is 1. The number of pyridine rings is 2. The van der Waals surface area contributed by atoms with Gasteiger partial charge in [0.25, 0.3) is 0 Å². The van der Waals surface area contributed by atoms with Crippen LogP contribution in [0, 0.1) is 0 Å². The van der Waals surface area contributed by atoms with Gasteiger partial charge in [-0.15, -0.1) is 23.2 Å². The van der Waals surface area contributed by atoms with Crippen molar-refractivity contribution in [2.75, 3.05) is 29.7 Å². The predicted molar refractivity (Wildman–Crippen MR) is 126 cm³/mol. The van der Waals surface area contributed by atoms with Gasteiger partial charge < -0.3 is 9.88 Å². The zero-order chi connectivity index (χ0) is 20.5. The van der Waals surface area contributed by atoms with Gasteiger partial charge in [-0.1, -0.05) is 0 Å². The quantitative estimate of drug-likeness (QED) is 0.278. The van der Waals surface area contributed by atoms with E-state index in [0.717, 1.165) is 63.0 Å². The lowest BCUT2D eigenvalue weighted by Gasteiger charge is -2.22. The molecule has 30 heavy (non-hydrogen) atoms. The number of fused-ring (bicyclic) bond motifs is 6. The fourth-order valence-electron chi connectivity index (χ4n) is 3.88. The normalized spacial score (nSPS) is 11.5. The molecule has 7 heteroatoms. The van der Waals surface area contributed by atoms with Crippen molar-refractivity contribution < 1.29 is 0 Å². The standard InChI is InChI=1S/C23H19Cl2N5/c24-9-13-30(14-10-25)16-7-5-15(6-8-16)23-28-21-17-3-1-11-26-19(17)20-18(22(21)29-23)4-2-12-27-20/h1-8,11-12H,9-10,13-14H2,(H,28,29). The Morgan fingerprint density at radius 1 is 0.767 bits per heavy atom. The molecule has 0 aliphatic heterocycles. The number of H-pyrrole nitrogens is 1. The fraction of sp³-hybridized carbons (Fsp3) is 0.174. The van der Waals surface area contributed by atoms with Crippen LogP contribution in [0.25, 0.3) is 44.2 Å². The lowest BCUT2D eigenvalue weighted by atomic mass is 10.1. The third-order valence-electron chi connectivity index (χ3n) is 5.28. The Morgan fingerprint density at radius 2 is 1.40 bits per heavy atom. The van der Waals surface area contributed by atoms with E-state index >= 15 is 0 Å². The molecule has 3 aromatic heterocycles. The second kappa shape index (κ2) is 8.09. The summed E-state index contributed by atoms with van der Waals surface area (Å²) in [4.78, 5) is 19.8. The van der Waals surface area contributed by atoms with Crippen molar-refractivity contribution >= 4 is 61.7 Å². The van der Waals surface area contributed by atoms with Crippen LogP contribution in [-0.4, -0.2) is 44.8 Å². The lowest BCUT2D eigenvalue weighted by Crippen LogP contribution is -2.27. The van der Waals surface area contributed by atoms with Crippen LogP contribution in [0.3, 0.4) is 0 Å². The van der Waals surface area contributed by atoms with Crippen LogP contribution in [-0.2, 0) is 0 Å². The molecule has 0 saturated carbocycles. The number of hydrogen-bond donors (Lipinski definition) is 1. The molecule has 0 unspecified atom stereocenters. The highest BCUT2D eigenvalue weighted by Gasteiger charge is 2.15. The van der Waals surface area contributed by atoms with Crippen LogP contribution in [0.1, 0.15) is 0 Å². The first-order valence-corrected chi connectivity index (χ1v) is 10.9. The van der Waals surface area contributed by atoms with Crippen molar-refractivity contribution in [3.8, 4) is 11.4 Å². The van der Waals surface area contributed by atoms with Crippen molar-refractivity contribution in [1.82, 2.24) is 19.9 Å². The summed E-state index contributed by atoms with van der Waals surface area (Å²) in [5.41, 5.74) is 5.74. The molecule has 0 atom stereocenters. The van der Waals surface area contributed by atoms with Crippen molar-refractivity contribution in [2.24, 2.45) is 0 Å². The minimum Gasteiger partial charge on any atom is -0.369 e. The summed E-state index contributed by atoms with van der Waals surface area (Å²) in [6.45, 7) is 1.52. The summed E-state index contributed by atoms with van der Waals surface area (Å²) in [5.74, 6) is 1.94. The summed E-state index contributed by atoms with van der Waals surface area (Å²) in [7, 11) is 0. The van der Waals surface area contributed by atoms with E-state index in [4.69, 9.17) is 28.2 Å². The topological polar surface area (TPSA) is 57.7 Å². The third kappa shape index (κ3) is 3.24. The van der Waals surface area contributed by atoms with Crippen molar-refractivity contribution in [3.63, 3.8) is 0 Å². The van der Waals surface area contributed by atoms with Gasteiger partial charge >= 0.3 is 0 Å². The van der Waals surface area contributed by atoms with E-state index in [1.165, 1.54) is 0 Å². The minimum atomic E-state index is 0.560. The van der Waals surface area contributed by atoms with E-state index in [2.05, 4.69) is 50.2 Å². The highest BCUT2D eigenvalue weighted by Crippen LogP contribution is 2.33. The summed E-state index contributed by atoms with van der Waals surface area (Å²) >= 11 is 11.9. The number of nitrogens with zero attached hydrogens (tertiary/aromatic N) is 4. The van der Waals surface area contributed by atoms with Crippen molar-refractivity contribution in [3.05, 3.63) is 60.9 Å². The Labute approximate surface area is 183 Å². The van der Waals surface area contributed by atoms with Crippen LogP contribution in [0.15, 0.2) is 60.9 Å². The number of rotatable bonds is 6. The molecule has 5 rings (SSSR count). The zero-order valence-corrected chi connectivity index (χ0v) is 17.7. The van der Waals surface area contributed by atoms with Crippen LogP contribution >= 0.6 is 23.2 Å². The first-order valence-electron chi connectivity index (χ1n) is 9.78. The van der Waals surface area contributed by atoms with Crippen molar-refractivity contribution in [2.45, 2.75) is 0 Å². The molecular formula is C23H19Cl2N5. The van der Waals surface area contributed by atoms with E-state index in [0.29, 0.717) is 11.8 Å². The fourth-order valence-corrected chi connectivity index (χ4v) is 4.29. The third-order valence-corrected chi connectivity index (χ3v) is 5.62. The van der Waals surface area contributed by atoms with Gasteiger partial charge in [-0.2, -0.15) is 0 Å². The number of anilines is 1. The maximum atomic E-state index is 5.94. The Balaban J connectivity index is 1.64. The van der Waals surface area contributed by atoms with Crippen LogP contribution in [0.2, 0.25) is 0 Å². The molecule has 0 spiro atoms. The molecule has 1 N–H and O–H groups in total. The number of imidazole rings is 1. The molecule has 2 aromatic carbocycles. The summed E-state index contributed by atoms with van der Waals surface area (Å²) in [6, 6.07) is 16.3. The lowest BCUT2D eigenvalue weighted by molar-refractivity contribution is 0.874. The van der Waals surface area contributed by atoms with Gasteiger partial charge in [-0.25, -0.2) is 4.98 Å². The maximum Gasteiger partial charge on any atom is 0.138 e. The molecule has 3 heterocycles. The summed E-state index contributed by atoms with van der Waals surface area (Å²) in [5, 5.41) is 2.01. The van der Waals surface area contributed by atoms with E-state index in [1.54, 1.807) is 12.4 Å². The van der Waals surface area contributed by atoms with Crippen LogP contribution in [0.5, 0.6) is 0 Å². The van der Waals surface area contributed by atoms with Crippen molar-refractivity contribution in [1.29, 1.82) is 0 Å². The molecule has 0 bridgehead atoms. The Bertz CT molecular complexity index is 1250. The average molecular weight is 436 g/mol. The monoisotopic (exact) mass is 435 g/mol. The van der Waals surface area contributed by atoms with Crippen LogP contribution in [0.4, 0.5) is 5.69 Å². The van der Waals surface area contributed by atoms with Gasteiger partial charge in [-0.3, -0.25) is 9.97 Å². The maximum absolute atomic E-state index is 5.94. The van der Waals surface area contributed by atoms with Gasteiger partial charge in [0.15, 0.2) is 0 Å². The molecule has 0 saturated heterocycles. The molecule has 5 nitrogen and oxygen atoms in total. The first-order chi connectivity index (χ1) is 14.8. The number of nitrogens with one attached hydrogen (secondary N) is 1.